The molecule has 0 bridgehead atoms. The minimum atomic E-state index is -0.836. The molecule has 1 unspecified atom stereocenters. The first-order valence-electron chi connectivity index (χ1n) is 5.51. The van der Waals surface area contributed by atoms with Gasteiger partial charge >= 0.3 is 6.09 Å². The quantitative estimate of drug-likeness (QED) is 0.812. The van der Waals surface area contributed by atoms with Crippen LogP contribution in [0.25, 0.3) is 0 Å². The van der Waals surface area contributed by atoms with Crippen LogP contribution < -0.4 is 5.32 Å². The lowest BCUT2D eigenvalue weighted by atomic mass is 10.1. The summed E-state index contributed by atoms with van der Waals surface area (Å²) in [5.74, 6) is 0. The summed E-state index contributed by atoms with van der Waals surface area (Å²) >= 11 is 0. The maximum Gasteiger partial charge on any atom is 0.407 e. The standard InChI is InChI=1S/C12H16N2O2/c15-12(16)14(11-6-7-13-8-11)9-10-4-2-1-3-5-10/h1-5,11,13H,6-9H2,(H,15,16). The van der Waals surface area contributed by atoms with Crippen LogP contribution in [0.2, 0.25) is 0 Å². The molecule has 0 radical (unpaired) electrons. The molecular formula is C12H16N2O2. The zero-order valence-corrected chi connectivity index (χ0v) is 9.10. The fraction of sp³-hybridized carbons (Fsp3) is 0.417. The van der Waals surface area contributed by atoms with Gasteiger partial charge in [-0.1, -0.05) is 30.3 Å². The monoisotopic (exact) mass is 220 g/mol. The smallest absolute Gasteiger partial charge is 0.407 e. The second-order valence-electron chi connectivity index (χ2n) is 4.04. The Morgan fingerprint density at radius 3 is 2.75 bits per heavy atom. The number of hydrogen-bond acceptors (Lipinski definition) is 2. The number of carboxylic acid groups (broad SMARTS) is 1. The van der Waals surface area contributed by atoms with Gasteiger partial charge in [0.25, 0.3) is 0 Å². The van der Waals surface area contributed by atoms with Gasteiger partial charge in [0.15, 0.2) is 0 Å². The SMILES string of the molecule is O=C(O)N(Cc1ccccc1)C1CCNC1. The van der Waals surface area contributed by atoms with Crippen molar-refractivity contribution in [2.45, 2.75) is 19.0 Å². The van der Waals surface area contributed by atoms with Crippen LogP contribution in [0.5, 0.6) is 0 Å². The zero-order chi connectivity index (χ0) is 11.4. The average molecular weight is 220 g/mol. The van der Waals surface area contributed by atoms with Crippen molar-refractivity contribution in [2.75, 3.05) is 13.1 Å². The van der Waals surface area contributed by atoms with E-state index in [1.54, 1.807) is 0 Å². The lowest BCUT2D eigenvalue weighted by Gasteiger charge is -2.25. The van der Waals surface area contributed by atoms with Crippen molar-refractivity contribution in [3.8, 4) is 0 Å². The van der Waals surface area contributed by atoms with E-state index < -0.39 is 6.09 Å². The van der Waals surface area contributed by atoms with Gasteiger partial charge in [-0.05, 0) is 18.5 Å². The Kier molecular flexibility index (Phi) is 3.41. The van der Waals surface area contributed by atoms with E-state index in [0.717, 1.165) is 25.1 Å². The lowest BCUT2D eigenvalue weighted by Crippen LogP contribution is -2.40. The highest BCUT2D eigenvalue weighted by molar-refractivity contribution is 5.65. The van der Waals surface area contributed by atoms with E-state index in [1.165, 1.54) is 4.90 Å². The third kappa shape index (κ3) is 2.52. The van der Waals surface area contributed by atoms with Crippen molar-refractivity contribution in [1.82, 2.24) is 10.2 Å². The van der Waals surface area contributed by atoms with Gasteiger partial charge < -0.3 is 10.4 Å². The molecule has 2 rings (SSSR count). The molecule has 16 heavy (non-hydrogen) atoms. The first-order valence-corrected chi connectivity index (χ1v) is 5.51. The lowest BCUT2D eigenvalue weighted by molar-refractivity contribution is 0.124. The highest BCUT2D eigenvalue weighted by atomic mass is 16.4. The van der Waals surface area contributed by atoms with Crippen LogP contribution in [0.15, 0.2) is 30.3 Å². The number of rotatable bonds is 3. The molecule has 0 aliphatic carbocycles. The number of benzene rings is 1. The van der Waals surface area contributed by atoms with E-state index in [1.807, 2.05) is 30.3 Å². The van der Waals surface area contributed by atoms with Gasteiger partial charge in [0.1, 0.15) is 0 Å². The minimum Gasteiger partial charge on any atom is -0.465 e. The van der Waals surface area contributed by atoms with E-state index in [9.17, 15) is 9.90 Å². The fourth-order valence-corrected chi connectivity index (χ4v) is 2.04. The molecule has 0 saturated carbocycles. The third-order valence-electron chi connectivity index (χ3n) is 2.92. The Labute approximate surface area is 94.9 Å². The minimum absolute atomic E-state index is 0.109. The summed E-state index contributed by atoms with van der Waals surface area (Å²) in [5.41, 5.74) is 1.04. The first kappa shape index (κ1) is 11.0. The Hall–Kier alpha value is -1.55. The Balaban J connectivity index is 2.05. The van der Waals surface area contributed by atoms with Crippen LogP contribution in [0.1, 0.15) is 12.0 Å². The van der Waals surface area contributed by atoms with Crippen LogP contribution in [0.3, 0.4) is 0 Å². The van der Waals surface area contributed by atoms with E-state index in [2.05, 4.69) is 5.32 Å². The van der Waals surface area contributed by atoms with Gasteiger partial charge in [0.05, 0.1) is 0 Å². The summed E-state index contributed by atoms with van der Waals surface area (Å²) in [6.07, 6.45) is 0.0663. The molecule has 86 valence electrons. The zero-order valence-electron chi connectivity index (χ0n) is 9.10. The van der Waals surface area contributed by atoms with Gasteiger partial charge in [-0.3, -0.25) is 4.90 Å². The van der Waals surface area contributed by atoms with E-state index in [4.69, 9.17) is 0 Å². The molecule has 1 amide bonds. The Bertz CT molecular complexity index is 347. The number of hydrogen-bond donors (Lipinski definition) is 2. The second kappa shape index (κ2) is 4.99. The van der Waals surface area contributed by atoms with E-state index in [-0.39, 0.29) is 6.04 Å². The number of carbonyl (C=O) groups is 1. The van der Waals surface area contributed by atoms with E-state index in [0.29, 0.717) is 6.54 Å². The molecule has 1 aliphatic rings. The molecule has 2 N–H and O–H groups in total. The molecule has 1 saturated heterocycles. The first-order chi connectivity index (χ1) is 7.77. The van der Waals surface area contributed by atoms with E-state index >= 15 is 0 Å². The maximum atomic E-state index is 11.2. The normalized spacial score (nSPS) is 19.6. The van der Waals surface area contributed by atoms with Crippen LogP contribution >= 0.6 is 0 Å². The van der Waals surface area contributed by atoms with Gasteiger partial charge in [0.2, 0.25) is 0 Å². The van der Waals surface area contributed by atoms with Crippen LogP contribution in [0, 0.1) is 0 Å². The van der Waals surface area contributed by atoms with Gasteiger partial charge in [0, 0.05) is 19.1 Å². The highest BCUT2D eigenvalue weighted by Gasteiger charge is 2.25. The summed E-state index contributed by atoms with van der Waals surface area (Å²) < 4.78 is 0. The molecule has 1 atom stereocenters. The predicted octanol–water partition coefficient (Wildman–Crippen LogP) is 1.53. The van der Waals surface area contributed by atoms with Crippen molar-refractivity contribution >= 4 is 6.09 Å². The molecule has 0 aromatic heterocycles. The van der Waals surface area contributed by atoms with Crippen LogP contribution in [-0.2, 0) is 6.54 Å². The summed E-state index contributed by atoms with van der Waals surface area (Å²) in [6.45, 7) is 2.14. The molecule has 1 aromatic rings. The highest BCUT2D eigenvalue weighted by Crippen LogP contribution is 2.13. The molecule has 1 aromatic carbocycles. The predicted molar refractivity (Wildman–Crippen MR) is 61.3 cm³/mol. The molecule has 4 heteroatoms. The summed E-state index contributed by atoms with van der Waals surface area (Å²) in [5, 5.41) is 12.4. The molecule has 1 fully saturated rings. The Morgan fingerprint density at radius 2 is 2.19 bits per heavy atom. The van der Waals surface area contributed by atoms with Crippen molar-refractivity contribution in [2.24, 2.45) is 0 Å². The molecule has 4 nitrogen and oxygen atoms in total. The summed E-state index contributed by atoms with van der Waals surface area (Å²) in [7, 11) is 0. The van der Waals surface area contributed by atoms with Gasteiger partial charge in [-0.2, -0.15) is 0 Å². The van der Waals surface area contributed by atoms with Gasteiger partial charge in [-0.25, -0.2) is 4.79 Å². The van der Waals surface area contributed by atoms with Crippen molar-refractivity contribution in [3.63, 3.8) is 0 Å². The van der Waals surface area contributed by atoms with Crippen molar-refractivity contribution < 1.29 is 9.90 Å². The number of amides is 1. The third-order valence-corrected chi connectivity index (χ3v) is 2.92. The van der Waals surface area contributed by atoms with Crippen molar-refractivity contribution in [3.05, 3.63) is 35.9 Å². The average Bonchev–Trinajstić information content (AvgIpc) is 2.80. The summed E-state index contributed by atoms with van der Waals surface area (Å²) in [6, 6.07) is 9.82. The Morgan fingerprint density at radius 1 is 1.44 bits per heavy atom. The molecule has 1 heterocycles. The van der Waals surface area contributed by atoms with Crippen molar-refractivity contribution in [1.29, 1.82) is 0 Å². The maximum absolute atomic E-state index is 11.2. The topological polar surface area (TPSA) is 52.6 Å². The molecular weight excluding hydrogens is 204 g/mol. The fourth-order valence-electron chi connectivity index (χ4n) is 2.04. The molecule has 1 aliphatic heterocycles. The number of nitrogens with one attached hydrogen (secondary N) is 1. The van der Waals surface area contributed by atoms with Gasteiger partial charge in [-0.15, -0.1) is 0 Å². The second-order valence-corrected chi connectivity index (χ2v) is 4.04. The van der Waals surface area contributed by atoms with Crippen LogP contribution in [0.4, 0.5) is 4.79 Å². The molecule has 0 spiro atoms. The van der Waals surface area contributed by atoms with Crippen LogP contribution in [-0.4, -0.2) is 35.2 Å². The summed E-state index contributed by atoms with van der Waals surface area (Å²) in [4.78, 5) is 12.7. The largest absolute Gasteiger partial charge is 0.465 e. The number of nitrogens with zero attached hydrogens (tertiary/aromatic N) is 1.